The summed E-state index contributed by atoms with van der Waals surface area (Å²) in [6.07, 6.45) is 7.68. The van der Waals surface area contributed by atoms with Gasteiger partial charge in [0.1, 0.15) is 11.1 Å². The van der Waals surface area contributed by atoms with E-state index in [0.29, 0.717) is 33.4 Å². The number of nitrogens with zero attached hydrogens (tertiary/aromatic N) is 6. The number of pyridine rings is 2. The highest BCUT2D eigenvalue weighted by molar-refractivity contribution is 6.08. The first-order chi connectivity index (χ1) is 26.5. The van der Waals surface area contributed by atoms with Gasteiger partial charge < -0.3 is 20.1 Å². The number of benzene rings is 1. The van der Waals surface area contributed by atoms with Crippen LogP contribution in [0.2, 0.25) is 0 Å². The number of imidazole rings is 1. The summed E-state index contributed by atoms with van der Waals surface area (Å²) in [6.45, 7) is 13.5. The number of piperidine rings is 1. The van der Waals surface area contributed by atoms with E-state index in [1.165, 1.54) is 32.6 Å². The van der Waals surface area contributed by atoms with Crippen LogP contribution in [0.15, 0.2) is 30.7 Å². The predicted octanol–water partition coefficient (Wildman–Crippen LogP) is 8.35. The maximum Gasteiger partial charge on any atom is 0.261 e. The molecule has 1 aromatic carbocycles. The zero-order chi connectivity index (χ0) is 39.7. The van der Waals surface area contributed by atoms with Crippen molar-refractivity contribution in [3.63, 3.8) is 0 Å². The molecule has 1 spiro atoms. The SMILES string of the molecule is Cc1c(C(=O)NC2(C(F)F)CC2)cc(Nc2nc(-c3cnc4c(c3)N(C3CC(C)(N5CCC6(CC5)CC6)C3)C(=O)C4(C)C)cc3ncn(C(C)C)c23)c(F)c1F. The molecule has 5 aliphatic rings. The number of nitrogens with one attached hydrogen (secondary N) is 2. The normalized spacial score (nSPS) is 24.5. The largest absolute Gasteiger partial charge is 0.341 e. The lowest BCUT2D eigenvalue weighted by Crippen LogP contribution is -2.64. The van der Waals surface area contributed by atoms with Crippen molar-refractivity contribution >= 4 is 40.0 Å². The molecule has 2 N–H and O–H groups in total. The second kappa shape index (κ2) is 12.5. The van der Waals surface area contributed by atoms with Gasteiger partial charge >= 0.3 is 0 Å². The second-order valence-corrected chi connectivity index (χ2v) is 18.2. The Labute approximate surface area is 323 Å². The van der Waals surface area contributed by atoms with Crippen LogP contribution in [-0.4, -0.2) is 72.9 Å². The number of amides is 2. The first-order valence-corrected chi connectivity index (χ1v) is 19.8. The number of rotatable bonds is 9. The van der Waals surface area contributed by atoms with Crippen molar-refractivity contribution in [2.45, 2.75) is 128 Å². The van der Waals surface area contributed by atoms with Gasteiger partial charge in [-0.25, -0.2) is 27.5 Å². The van der Waals surface area contributed by atoms with Gasteiger partial charge in [-0.05, 0) is 130 Å². The van der Waals surface area contributed by atoms with Crippen LogP contribution in [0.5, 0.6) is 0 Å². The molecule has 14 heteroatoms. The molecule has 3 aromatic heterocycles. The minimum atomic E-state index is -2.79. The molecule has 0 bridgehead atoms. The molecule has 296 valence electrons. The van der Waals surface area contributed by atoms with Gasteiger partial charge in [-0.3, -0.25) is 19.5 Å². The maximum absolute atomic E-state index is 15.7. The minimum Gasteiger partial charge on any atom is -0.341 e. The molecule has 5 heterocycles. The lowest BCUT2D eigenvalue weighted by Gasteiger charge is -2.56. The molecule has 0 unspecified atom stereocenters. The fraction of sp³-hybridized carbons (Fsp3) is 0.548. The Morgan fingerprint density at radius 3 is 2.27 bits per heavy atom. The topological polar surface area (TPSA) is 108 Å². The smallest absolute Gasteiger partial charge is 0.261 e. The molecule has 3 saturated carbocycles. The van der Waals surface area contributed by atoms with E-state index in [0.717, 1.165) is 37.7 Å². The van der Waals surface area contributed by atoms with E-state index in [1.54, 1.807) is 18.6 Å². The summed E-state index contributed by atoms with van der Waals surface area (Å²) >= 11 is 0. The van der Waals surface area contributed by atoms with Gasteiger partial charge in [0.15, 0.2) is 17.5 Å². The highest BCUT2D eigenvalue weighted by Crippen LogP contribution is 2.56. The monoisotopic (exact) mass is 772 g/mol. The fourth-order valence-electron chi connectivity index (χ4n) is 9.41. The zero-order valence-corrected chi connectivity index (χ0v) is 32.7. The van der Waals surface area contributed by atoms with Crippen molar-refractivity contribution in [2.24, 2.45) is 5.41 Å². The summed E-state index contributed by atoms with van der Waals surface area (Å²) in [4.78, 5) is 46.3. The van der Waals surface area contributed by atoms with Gasteiger partial charge in [-0.1, -0.05) is 0 Å². The lowest BCUT2D eigenvalue weighted by molar-refractivity contribution is -0.124. The molecule has 10 nitrogen and oxygen atoms in total. The molecule has 1 saturated heterocycles. The number of halogens is 4. The molecule has 3 aliphatic carbocycles. The number of anilines is 3. The number of likely N-dealkylation sites (tertiary alicyclic amines) is 1. The number of carbonyl (C=O) groups is 2. The summed E-state index contributed by atoms with van der Waals surface area (Å²) in [5.74, 6) is -3.28. The summed E-state index contributed by atoms with van der Waals surface area (Å²) in [5, 5.41) is 5.28. The van der Waals surface area contributed by atoms with Gasteiger partial charge in [0, 0.05) is 40.5 Å². The van der Waals surface area contributed by atoms with Crippen LogP contribution < -0.4 is 15.5 Å². The number of carbonyl (C=O) groups excluding carboxylic acids is 2. The van der Waals surface area contributed by atoms with E-state index in [-0.39, 0.29) is 59.0 Å². The highest BCUT2D eigenvalue weighted by Gasteiger charge is 2.56. The van der Waals surface area contributed by atoms with Crippen LogP contribution in [0.1, 0.15) is 114 Å². The average Bonchev–Trinajstić information content (AvgIpc) is 4.05. The fourth-order valence-corrected chi connectivity index (χ4v) is 9.41. The van der Waals surface area contributed by atoms with Crippen molar-refractivity contribution in [1.82, 2.24) is 29.7 Å². The molecule has 56 heavy (non-hydrogen) atoms. The van der Waals surface area contributed by atoms with Crippen molar-refractivity contribution < 1.29 is 27.2 Å². The van der Waals surface area contributed by atoms with E-state index >= 15 is 8.78 Å². The molecule has 4 aromatic rings. The van der Waals surface area contributed by atoms with Crippen LogP contribution in [0.4, 0.5) is 34.8 Å². The minimum absolute atomic E-state index is 0.0130. The van der Waals surface area contributed by atoms with Crippen molar-refractivity contribution in [1.29, 1.82) is 0 Å². The third kappa shape index (κ3) is 5.71. The van der Waals surface area contributed by atoms with Gasteiger partial charge in [-0.15, -0.1) is 0 Å². The molecular formula is C42H48F4N8O2. The van der Waals surface area contributed by atoms with E-state index in [2.05, 4.69) is 27.4 Å². The van der Waals surface area contributed by atoms with Crippen molar-refractivity contribution in [2.75, 3.05) is 23.3 Å². The van der Waals surface area contributed by atoms with Crippen LogP contribution in [0.3, 0.4) is 0 Å². The highest BCUT2D eigenvalue weighted by atomic mass is 19.3. The third-order valence-electron chi connectivity index (χ3n) is 13.7. The van der Waals surface area contributed by atoms with Crippen LogP contribution >= 0.6 is 0 Å². The number of alkyl halides is 2. The third-order valence-corrected chi connectivity index (χ3v) is 13.7. The van der Waals surface area contributed by atoms with E-state index in [9.17, 15) is 18.4 Å². The summed E-state index contributed by atoms with van der Waals surface area (Å²) in [7, 11) is 0. The van der Waals surface area contributed by atoms with Crippen LogP contribution in [0.25, 0.3) is 22.3 Å². The predicted molar refractivity (Wildman–Crippen MR) is 205 cm³/mol. The molecule has 2 aliphatic heterocycles. The Hall–Kier alpha value is -4.59. The van der Waals surface area contributed by atoms with E-state index < -0.39 is 34.9 Å². The Bertz CT molecular complexity index is 2300. The summed E-state index contributed by atoms with van der Waals surface area (Å²) in [6, 6.07) is 4.80. The number of fused-ring (bicyclic) bond motifs is 2. The van der Waals surface area contributed by atoms with E-state index in [1.807, 2.05) is 43.2 Å². The molecule has 0 atom stereocenters. The van der Waals surface area contributed by atoms with Gasteiger partial charge in [0.2, 0.25) is 5.91 Å². The van der Waals surface area contributed by atoms with Crippen molar-refractivity contribution in [3.8, 4) is 11.3 Å². The van der Waals surface area contributed by atoms with Crippen molar-refractivity contribution in [3.05, 3.63) is 59.2 Å². The Morgan fingerprint density at radius 2 is 1.64 bits per heavy atom. The van der Waals surface area contributed by atoms with Crippen LogP contribution in [-0.2, 0) is 10.2 Å². The average molecular weight is 773 g/mol. The Kier molecular flexibility index (Phi) is 8.23. The first kappa shape index (κ1) is 37.0. The maximum atomic E-state index is 15.7. The molecule has 4 fully saturated rings. The van der Waals surface area contributed by atoms with E-state index in [4.69, 9.17) is 9.97 Å². The lowest BCUT2D eigenvalue weighted by atomic mass is 9.70. The summed E-state index contributed by atoms with van der Waals surface area (Å²) < 4.78 is 60.4. The first-order valence-electron chi connectivity index (χ1n) is 19.8. The summed E-state index contributed by atoms with van der Waals surface area (Å²) in [5.41, 5.74) is 0.682. The standard InChI is InChI=1S/C42H48F4N8O2/c1-22(2)53-21-48-29-17-27(49-35(33(29)53)50-28-16-26(23(3)31(43)32(28)44)36(55)51-42(9-10-42)37(45)46)24-15-30-34(47-20-24)39(4,5)38(56)54(30)25-18-40(6,19-25)52-13-11-41(7-8-41)12-14-52/h15-17,20-22,25,37H,7-14,18-19H2,1-6H3,(H,49,50)(H,51,55). The zero-order valence-electron chi connectivity index (χ0n) is 32.7. The molecular weight excluding hydrogens is 725 g/mol. The number of hydrogen-bond donors (Lipinski definition) is 2. The number of aromatic nitrogens is 4. The second-order valence-electron chi connectivity index (χ2n) is 18.2. The number of hydrogen-bond acceptors (Lipinski definition) is 7. The quantitative estimate of drug-likeness (QED) is 0.165. The van der Waals surface area contributed by atoms with Gasteiger partial charge in [-0.2, -0.15) is 0 Å². The van der Waals surface area contributed by atoms with Gasteiger partial charge in [0.25, 0.3) is 12.3 Å². The molecule has 2 amide bonds. The Morgan fingerprint density at radius 1 is 0.946 bits per heavy atom. The van der Waals surface area contributed by atoms with Crippen LogP contribution in [0, 0.1) is 24.0 Å². The molecule has 0 radical (unpaired) electrons. The Balaban J connectivity index is 1.06. The van der Waals surface area contributed by atoms with Gasteiger partial charge in [0.05, 0.1) is 40.0 Å². The molecule has 9 rings (SSSR count).